The van der Waals surface area contributed by atoms with Crippen LogP contribution in [0.2, 0.25) is 0 Å². The Balaban J connectivity index is 1.53. The molecule has 1 aliphatic heterocycles. The Labute approximate surface area is 175 Å². The summed E-state index contributed by atoms with van der Waals surface area (Å²) >= 11 is 3.52. The summed E-state index contributed by atoms with van der Waals surface area (Å²) in [4.78, 5) is 20.2. The molecule has 1 aromatic carbocycles. The minimum atomic E-state index is 0.267. The summed E-state index contributed by atoms with van der Waals surface area (Å²) in [6, 6.07) is 10.6. The number of nitrogens with one attached hydrogen (secondary N) is 1. The molecule has 7 heteroatoms. The van der Waals surface area contributed by atoms with Crippen molar-refractivity contribution < 1.29 is 4.79 Å². The van der Waals surface area contributed by atoms with E-state index in [-0.39, 0.29) is 5.91 Å². The lowest BCUT2D eigenvalue weighted by Gasteiger charge is -2.22. The molecule has 3 rings (SSSR count). The maximum Gasteiger partial charge on any atom is 0.222 e. The molecule has 0 radical (unpaired) electrons. The van der Waals surface area contributed by atoms with Crippen LogP contribution in [-0.4, -0.2) is 46.9 Å². The van der Waals surface area contributed by atoms with E-state index < -0.39 is 0 Å². The number of guanidine groups is 1. The zero-order valence-corrected chi connectivity index (χ0v) is 18.4. The molecule has 1 aliphatic rings. The Kier molecular flexibility index (Phi) is 6.78. The van der Waals surface area contributed by atoms with Gasteiger partial charge >= 0.3 is 0 Å². The van der Waals surface area contributed by atoms with Crippen LogP contribution >= 0.6 is 15.9 Å². The molecule has 28 heavy (non-hydrogen) atoms. The average Bonchev–Trinajstić information content (AvgIpc) is 3.21. The van der Waals surface area contributed by atoms with Crippen molar-refractivity contribution >= 4 is 27.8 Å². The van der Waals surface area contributed by atoms with E-state index in [1.54, 1.807) is 7.05 Å². The summed E-state index contributed by atoms with van der Waals surface area (Å²) in [6.45, 7) is 3.06. The number of aryl methyl sites for hydroxylation is 1. The molecule has 0 aliphatic carbocycles. The van der Waals surface area contributed by atoms with Crippen molar-refractivity contribution in [3.63, 3.8) is 0 Å². The third-order valence-corrected chi connectivity index (χ3v) is 5.50. The van der Waals surface area contributed by atoms with Crippen LogP contribution in [0.3, 0.4) is 0 Å². The number of aromatic nitrogens is 1. The van der Waals surface area contributed by atoms with Gasteiger partial charge in [0.05, 0.1) is 6.54 Å². The fraction of sp³-hybridized carbons (Fsp3) is 0.429. The second-order valence-corrected chi connectivity index (χ2v) is 8.17. The second-order valence-electron chi connectivity index (χ2n) is 7.25. The number of hydrogen-bond donors (Lipinski definition) is 1. The van der Waals surface area contributed by atoms with Crippen LogP contribution in [0.15, 0.2) is 46.0 Å². The summed E-state index contributed by atoms with van der Waals surface area (Å²) in [7, 11) is 5.88. The number of hydrogen-bond acceptors (Lipinski definition) is 2. The summed E-state index contributed by atoms with van der Waals surface area (Å²) < 4.78 is 3.19. The Bertz CT molecular complexity index is 843. The van der Waals surface area contributed by atoms with E-state index in [0.29, 0.717) is 19.5 Å². The van der Waals surface area contributed by atoms with Crippen LogP contribution in [0, 0.1) is 0 Å². The topological polar surface area (TPSA) is 52.9 Å². The van der Waals surface area contributed by atoms with Crippen molar-refractivity contribution in [3.8, 4) is 0 Å². The molecule has 6 nitrogen and oxygen atoms in total. The monoisotopic (exact) mass is 445 g/mol. The van der Waals surface area contributed by atoms with Gasteiger partial charge in [-0.25, -0.2) is 0 Å². The molecule has 0 bridgehead atoms. The number of likely N-dealkylation sites (tertiary alicyclic amines) is 1. The third kappa shape index (κ3) is 5.16. The highest BCUT2D eigenvalue weighted by atomic mass is 79.9. The molecule has 2 heterocycles. The summed E-state index contributed by atoms with van der Waals surface area (Å²) in [5.41, 5.74) is 3.57. The highest BCUT2D eigenvalue weighted by molar-refractivity contribution is 9.10. The van der Waals surface area contributed by atoms with Gasteiger partial charge in [-0.3, -0.25) is 9.79 Å². The Morgan fingerprint density at radius 2 is 2.00 bits per heavy atom. The van der Waals surface area contributed by atoms with E-state index in [9.17, 15) is 4.79 Å². The van der Waals surface area contributed by atoms with Crippen LogP contribution in [0.5, 0.6) is 0 Å². The van der Waals surface area contributed by atoms with Gasteiger partial charge in [-0.15, -0.1) is 0 Å². The van der Waals surface area contributed by atoms with Gasteiger partial charge in [-0.2, -0.15) is 0 Å². The molecule has 1 saturated heterocycles. The van der Waals surface area contributed by atoms with Crippen molar-refractivity contribution in [2.45, 2.75) is 32.5 Å². The molecule has 0 spiro atoms. The molecule has 1 aromatic heterocycles. The minimum absolute atomic E-state index is 0.267. The van der Waals surface area contributed by atoms with Gasteiger partial charge < -0.3 is 19.7 Å². The second kappa shape index (κ2) is 9.28. The molecular weight excluding hydrogens is 418 g/mol. The van der Waals surface area contributed by atoms with Crippen molar-refractivity contribution in [1.29, 1.82) is 0 Å². The van der Waals surface area contributed by atoms with Crippen LogP contribution < -0.4 is 5.32 Å². The number of carbonyl (C=O) groups is 1. The first-order valence-electron chi connectivity index (χ1n) is 9.54. The van der Waals surface area contributed by atoms with Crippen LogP contribution in [0.4, 0.5) is 0 Å². The largest absolute Gasteiger partial charge is 0.352 e. The molecule has 1 amide bonds. The smallest absolute Gasteiger partial charge is 0.222 e. The lowest BCUT2D eigenvalue weighted by Crippen LogP contribution is -2.38. The Hall–Kier alpha value is -2.28. The van der Waals surface area contributed by atoms with E-state index >= 15 is 0 Å². The fourth-order valence-electron chi connectivity index (χ4n) is 3.46. The number of halogens is 1. The fourth-order valence-corrected chi connectivity index (χ4v) is 4.03. The van der Waals surface area contributed by atoms with E-state index in [4.69, 9.17) is 0 Å². The Morgan fingerprint density at radius 3 is 2.57 bits per heavy atom. The van der Waals surface area contributed by atoms with Crippen LogP contribution in [-0.2, 0) is 31.5 Å². The molecule has 1 N–H and O–H groups in total. The van der Waals surface area contributed by atoms with Gasteiger partial charge in [0.15, 0.2) is 5.96 Å². The van der Waals surface area contributed by atoms with Crippen LogP contribution in [0.1, 0.15) is 29.7 Å². The molecule has 1 fully saturated rings. The van der Waals surface area contributed by atoms with Gasteiger partial charge in [0, 0.05) is 63.6 Å². The van der Waals surface area contributed by atoms with E-state index in [2.05, 4.69) is 72.2 Å². The lowest BCUT2D eigenvalue weighted by molar-refractivity contribution is -0.128. The first kappa shape index (κ1) is 20.5. The number of aliphatic imine (C=N–C) groups is 1. The molecule has 2 aromatic rings. The normalized spacial score (nSPS) is 14.6. The van der Waals surface area contributed by atoms with Crippen molar-refractivity contribution in [1.82, 2.24) is 19.7 Å². The number of carbonyl (C=O) groups excluding carboxylic acids is 1. The third-order valence-electron chi connectivity index (χ3n) is 5.07. The van der Waals surface area contributed by atoms with Gasteiger partial charge in [0.1, 0.15) is 0 Å². The standard InChI is InChI=1S/C21H28BrN5O/c1-23-21(26(3)15-19-11-18(22)14-25(19)2)24-12-16-6-8-17(9-7-16)13-27-10-4-5-20(27)28/h6-9,11,14H,4-5,10,12-13,15H2,1-3H3,(H,23,24). The van der Waals surface area contributed by atoms with Crippen molar-refractivity contribution in [3.05, 3.63) is 57.8 Å². The predicted molar refractivity (Wildman–Crippen MR) is 116 cm³/mol. The van der Waals surface area contributed by atoms with E-state index in [1.165, 1.54) is 16.8 Å². The zero-order chi connectivity index (χ0) is 20.1. The summed E-state index contributed by atoms with van der Waals surface area (Å²) in [5.74, 6) is 1.12. The maximum atomic E-state index is 11.8. The number of benzene rings is 1. The summed E-state index contributed by atoms with van der Waals surface area (Å²) in [6.07, 6.45) is 3.72. The first-order valence-corrected chi connectivity index (χ1v) is 10.3. The van der Waals surface area contributed by atoms with Crippen molar-refractivity contribution in [2.75, 3.05) is 20.6 Å². The van der Waals surface area contributed by atoms with Gasteiger partial charge in [-0.05, 0) is 39.5 Å². The molecule has 0 unspecified atom stereocenters. The molecule has 0 saturated carbocycles. The quantitative estimate of drug-likeness (QED) is 0.548. The first-order chi connectivity index (χ1) is 13.5. The molecule has 150 valence electrons. The van der Waals surface area contributed by atoms with Gasteiger partial charge in [-0.1, -0.05) is 24.3 Å². The SMILES string of the molecule is CN=C(NCc1ccc(CN2CCCC2=O)cc1)N(C)Cc1cc(Br)cn1C. The predicted octanol–water partition coefficient (Wildman–Crippen LogP) is 3.12. The van der Waals surface area contributed by atoms with Gasteiger partial charge in [0.2, 0.25) is 5.91 Å². The van der Waals surface area contributed by atoms with Crippen molar-refractivity contribution in [2.24, 2.45) is 12.0 Å². The summed E-state index contributed by atoms with van der Waals surface area (Å²) in [5, 5.41) is 3.42. The average molecular weight is 446 g/mol. The lowest BCUT2D eigenvalue weighted by atomic mass is 10.1. The highest BCUT2D eigenvalue weighted by Gasteiger charge is 2.19. The minimum Gasteiger partial charge on any atom is -0.352 e. The zero-order valence-electron chi connectivity index (χ0n) is 16.8. The number of rotatable bonds is 6. The molecular formula is C21H28BrN5O. The van der Waals surface area contributed by atoms with E-state index in [0.717, 1.165) is 29.9 Å². The maximum absolute atomic E-state index is 11.8. The van der Waals surface area contributed by atoms with E-state index in [1.807, 2.05) is 19.0 Å². The van der Waals surface area contributed by atoms with Crippen LogP contribution in [0.25, 0.3) is 0 Å². The number of amides is 1. The number of nitrogens with zero attached hydrogens (tertiary/aromatic N) is 4. The highest BCUT2D eigenvalue weighted by Crippen LogP contribution is 2.16. The Morgan fingerprint density at radius 1 is 1.29 bits per heavy atom. The van der Waals surface area contributed by atoms with Gasteiger partial charge in [0.25, 0.3) is 0 Å². The molecule has 0 atom stereocenters.